The maximum Gasteiger partial charge on any atom is 0.314 e. The molecule has 0 saturated carbocycles. The number of nitrogens with one attached hydrogen (secondary N) is 2. The van der Waals surface area contributed by atoms with Crippen molar-refractivity contribution in [1.29, 1.82) is 0 Å². The summed E-state index contributed by atoms with van der Waals surface area (Å²) < 4.78 is 15.8. The molecule has 4 rings (SSSR count). The van der Waals surface area contributed by atoms with Gasteiger partial charge in [-0.1, -0.05) is 12.1 Å². The summed E-state index contributed by atoms with van der Waals surface area (Å²) in [4.78, 5) is 26.2. The van der Waals surface area contributed by atoms with E-state index in [1.807, 2.05) is 42.5 Å². The van der Waals surface area contributed by atoms with Crippen LogP contribution in [0.3, 0.4) is 0 Å². The van der Waals surface area contributed by atoms with Crippen LogP contribution in [-0.4, -0.2) is 45.5 Å². The highest BCUT2D eigenvalue weighted by atomic mass is 16.7. The van der Waals surface area contributed by atoms with Gasteiger partial charge in [0.25, 0.3) is 0 Å². The van der Waals surface area contributed by atoms with Crippen molar-refractivity contribution in [2.24, 2.45) is 5.92 Å². The van der Waals surface area contributed by atoms with E-state index in [0.717, 1.165) is 23.4 Å². The number of fused-ring (bicyclic) bond motifs is 1. The number of carbonyl (C=O) groups excluding carboxylic acids is 2. The molecule has 158 valence electrons. The van der Waals surface area contributed by atoms with Crippen LogP contribution in [0.4, 0.5) is 10.5 Å². The lowest BCUT2D eigenvalue weighted by atomic mass is 10.1. The zero-order chi connectivity index (χ0) is 20.9. The molecule has 0 radical (unpaired) electrons. The van der Waals surface area contributed by atoms with Gasteiger partial charge in [-0.15, -0.1) is 0 Å². The fourth-order valence-electron chi connectivity index (χ4n) is 3.63. The van der Waals surface area contributed by atoms with Crippen molar-refractivity contribution >= 4 is 17.6 Å². The molecule has 3 amide bonds. The normalized spacial score (nSPS) is 17.2. The highest BCUT2D eigenvalue weighted by molar-refractivity contribution is 5.96. The maximum atomic E-state index is 12.4. The van der Waals surface area contributed by atoms with Crippen LogP contribution in [0.5, 0.6) is 17.2 Å². The summed E-state index contributed by atoms with van der Waals surface area (Å²) in [5.74, 6) is 2.26. The van der Waals surface area contributed by atoms with Crippen LogP contribution in [0.1, 0.15) is 12.0 Å². The Kier molecular flexibility index (Phi) is 5.92. The molecule has 2 heterocycles. The lowest BCUT2D eigenvalue weighted by Crippen LogP contribution is -2.39. The summed E-state index contributed by atoms with van der Waals surface area (Å²) in [6.45, 7) is 1.74. The van der Waals surface area contributed by atoms with Gasteiger partial charge in [0.15, 0.2) is 11.5 Å². The fourth-order valence-corrected chi connectivity index (χ4v) is 3.63. The van der Waals surface area contributed by atoms with Gasteiger partial charge < -0.3 is 29.7 Å². The largest absolute Gasteiger partial charge is 0.497 e. The van der Waals surface area contributed by atoms with Gasteiger partial charge in [-0.25, -0.2) is 4.79 Å². The second kappa shape index (κ2) is 8.94. The first-order valence-corrected chi connectivity index (χ1v) is 9.97. The van der Waals surface area contributed by atoms with E-state index in [1.54, 1.807) is 12.0 Å². The highest BCUT2D eigenvalue weighted by Gasteiger charge is 2.31. The van der Waals surface area contributed by atoms with Crippen molar-refractivity contribution in [3.05, 3.63) is 48.0 Å². The van der Waals surface area contributed by atoms with Crippen molar-refractivity contribution in [3.8, 4) is 17.2 Å². The van der Waals surface area contributed by atoms with Gasteiger partial charge in [-0.2, -0.15) is 0 Å². The minimum absolute atomic E-state index is 0.0422. The number of rotatable bonds is 7. The molecule has 1 saturated heterocycles. The van der Waals surface area contributed by atoms with Gasteiger partial charge in [0.1, 0.15) is 5.75 Å². The van der Waals surface area contributed by atoms with E-state index in [9.17, 15) is 9.59 Å². The number of hydrogen-bond donors (Lipinski definition) is 2. The highest BCUT2D eigenvalue weighted by Crippen LogP contribution is 2.37. The quantitative estimate of drug-likeness (QED) is 0.730. The number of methoxy groups -OCH3 is 1. The number of benzene rings is 2. The third-order valence-electron chi connectivity index (χ3n) is 5.28. The van der Waals surface area contributed by atoms with E-state index < -0.39 is 0 Å². The molecule has 2 aromatic carbocycles. The van der Waals surface area contributed by atoms with E-state index >= 15 is 0 Å². The molecule has 0 unspecified atom stereocenters. The van der Waals surface area contributed by atoms with Crippen LogP contribution in [0.25, 0.3) is 0 Å². The van der Waals surface area contributed by atoms with Gasteiger partial charge in [0.2, 0.25) is 12.7 Å². The third-order valence-corrected chi connectivity index (χ3v) is 5.28. The number of carbonyl (C=O) groups is 2. The lowest BCUT2D eigenvalue weighted by molar-refractivity contribution is -0.117. The number of nitrogens with zero attached hydrogens (tertiary/aromatic N) is 1. The summed E-state index contributed by atoms with van der Waals surface area (Å²) in [6, 6.07) is 13.0. The molecule has 2 N–H and O–H groups in total. The van der Waals surface area contributed by atoms with E-state index in [1.165, 1.54) is 0 Å². The Morgan fingerprint density at radius 2 is 1.93 bits per heavy atom. The first-order chi connectivity index (χ1) is 14.6. The number of amides is 3. The summed E-state index contributed by atoms with van der Waals surface area (Å²) >= 11 is 0. The maximum absolute atomic E-state index is 12.4. The molecule has 8 heteroatoms. The van der Waals surface area contributed by atoms with Crippen LogP contribution in [0.2, 0.25) is 0 Å². The van der Waals surface area contributed by atoms with E-state index in [2.05, 4.69) is 10.6 Å². The van der Waals surface area contributed by atoms with Crippen LogP contribution in [0.15, 0.2) is 42.5 Å². The second-order valence-corrected chi connectivity index (χ2v) is 7.35. The number of ether oxygens (including phenoxy) is 3. The Morgan fingerprint density at radius 3 is 2.73 bits per heavy atom. The van der Waals surface area contributed by atoms with Crippen LogP contribution >= 0.6 is 0 Å². The van der Waals surface area contributed by atoms with E-state index in [4.69, 9.17) is 14.2 Å². The van der Waals surface area contributed by atoms with Gasteiger partial charge in [-0.3, -0.25) is 4.79 Å². The molecular formula is C22H25N3O5. The average Bonchev–Trinajstić information content (AvgIpc) is 3.38. The molecule has 0 aliphatic carbocycles. The minimum atomic E-state index is -0.225. The summed E-state index contributed by atoms with van der Waals surface area (Å²) in [5, 5.41) is 5.73. The van der Waals surface area contributed by atoms with Crippen LogP contribution < -0.4 is 29.7 Å². The monoisotopic (exact) mass is 411 g/mol. The fraction of sp³-hybridized carbons (Fsp3) is 0.364. The topological polar surface area (TPSA) is 89.1 Å². The Morgan fingerprint density at radius 1 is 1.13 bits per heavy atom. The standard InChI is InChI=1S/C22H25N3O5/c1-28-18-5-2-15(3-6-18)8-9-23-22(27)24-12-16-10-21(26)25(13-16)17-4-7-19-20(11-17)30-14-29-19/h2-7,11,16H,8-10,12-14H2,1H3,(H2,23,24,27)/t16-/m1/s1. The van der Waals surface area contributed by atoms with Crippen LogP contribution in [0, 0.1) is 5.92 Å². The lowest BCUT2D eigenvalue weighted by Gasteiger charge is -2.17. The molecule has 1 atom stereocenters. The number of hydrogen-bond acceptors (Lipinski definition) is 5. The van der Waals surface area contributed by atoms with Gasteiger partial charge in [0, 0.05) is 43.7 Å². The Balaban J connectivity index is 1.20. The third kappa shape index (κ3) is 4.59. The molecule has 1 fully saturated rings. The molecule has 2 aromatic rings. The predicted molar refractivity (Wildman–Crippen MR) is 111 cm³/mol. The summed E-state index contributed by atoms with van der Waals surface area (Å²) in [6.07, 6.45) is 1.14. The molecular weight excluding hydrogens is 386 g/mol. The number of anilines is 1. The van der Waals surface area contributed by atoms with Crippen molar-refractivity contribution in [3.63, 3.8) is 0 Å². The SMILES string of the molecule is COc1ccc(CCNC(=O)NC[C@H]2CC(=O)N(c3ccc4c(c3)OCO4)C2)cc1. The van der Waals surface area contributed by atoms with Crippen LogP contribution in [-0.2, 0) is 11.2 Å². The second-order valence-electron chi connectivity index (χ2n) is 7.35. The predicted octanol–water partition coefficient (Wildman–Crippen LogP) is 2.32. The van der Waals surface area contributed by atoms with Crippen molar-refractivity contribution < 1.29 is 23.8 Å². The Hall–Kier alpha value is -3.42. The van der Waals surface area contributed by atoms with Gasteiger partial charge >= 0.3 is 6.03 Å². The van der Waals surface area contributed by atoms with E-state index in [-0.39, 0.29) is 24.6 Å². The van der Waals surface area contributed by atoms with Crippen molar-refractivity contribution in [2.45, 2.75) is 12.8 Å². The molecule has 2 aliphatic heterocycles. The van der Waals surface area contributed by atoms with Crippen molar-refractivity contribution in [1.82, 2.24) is 10.6 Å². The molecule has 2 aliphatic rings. The Labute approximate surface area is 175 Å². The van der Waals surface area contributed by atoms with Gasteiger partial charge in [-0.05, 0) is 36.2 Å². The molecule has 0 spiro atoms. The van der Waals surface area contributed by atoms with E-state index in [0.29, 0.717) is 37.6 Å². The zero-order valence-corrected chi connectivity index (χ0v) is 16.8. The molecule has 30 heavy (non-hydrogen) atoms. The smallest absolute Gasteiger partial charge is 0.314 e. The van der Waals surface area contributed by atoms with Gasteiger partial charge in [0.05, 0.1) is 7.11 Å². The summed E-state index contributed by atoms with van der Waals surface area (Å²) in [7, 11) is 1.63. The van der Waals surface area contributed by atoms with Crippen molar-refractivity contribution in [2.75, 3.05) is 38.4 Å². The average molecular weight is 411 g/mol. The first kappa shape index (κ1) is 19.9. The zero-order valence-electron chi connectivity index (χ0n) is 16.8. The molecule has 0 aromatic heterocycles. The minimum Gasteiger partial charge on any atom is -0.497 e. The summed E-state index contributed by atoms with van der Waals surface area (Å²) in [5.41, 5.74) is 1.91. The number of urea groups is 1. The molecule has 0 bridgehead atoms. The molecule has 8 nitrogen and oxygen atoms in total. The Bertz CT molecular complexity index is 915. The first-order valence-electron chi connectivity index (χ1n) is 9.97.